The van der Waals surface area contributed by atoms with Gasteiger partial charge < -0.3 is 25.7 Å². The van der Waals surface area contributed by atoms with Crippen LogP contribution in [0.3, 0.4) is 0 Å². The summed E-state index contributed by atoms with van der Waals surface area (Å²) in [6.07, 6.45) is -0.284. The Morgan fingerprint density at radius 1 is 0.906 bits per heavy atom. The molecule has 164 valence electrons. The summed E-state index contributed by atoms with van der Waals surface area (Å²) in [6, 6.07) is 12.7. The minimum atomic E-state index is -1.59. The second-order valence-corrected chi connectivity index (χ2v) is 7.18. The van der Waals surface area contributed by atoms with Gasteiger partial charge in [-0.25, -0.2) is 14.4 Å². The number of carboxylic acid groups (broad SMARTS) is 2. The van der Waals surface area contributed by atoms with Crippen LogP contribution in [0.15, 0.2) is 53.3 Å². The summed E-state index contributed by atoms with van der Waals surface area (Å²) < 4.78 is 5.16. The molecule has 2 aromatic carbocycles. The maximum atomic E-state index is 12.3. The lowest BCUT2D eigenvalue weighted by atomic mass is 9.89. The average Bonchev–Trinajstić information content (AvgIpc) is 2.72. The molecule has 1 heterocycles. The van der Waals surface area contributed by atoms with Crippen molar-refractivity contribution in [3.05, 3.63) is 75.6 Å². The van der Waals surface area contributed by atoms with E-state index in [1.807, 2.05) is 0 Å². The second-order valence-electron chi connectivity index (χ2n) is 7.18. The quantitative estimate of drug-likeness (QED) is 0.428. The van der Waals surface area contributed by atoms with Gasteiger partial charge in [-0.15, -0.1) is 0 Å². The van der Waals surface area contributed by atoms with Gasteiger partial charge in [0.25, 0.3) is 5.56 Å². The van der Waals surface area contributed by atoms with E-state index in [9.17, 15) is 29.4 Å². The van der Waals surface area contributed by atoms with Crippen LogP contribution in [0.4, 0.5) is 5.82 Å². The van der Waals surface area contributed by atoms with Crippen LogP contribution in [0.5, 0.6) is 0 Å². The van der Waals surface area contributed by atoms with E-state index in [0.717, 1.165) is 0 Å². The average molecular weight is 436 g/mol. The van der Waals surface area contributed by atoms with Crippen molar-refractivity contribution in [2.24, 2.45) is 0 Å². The molecule has 0 bridgehead atoms. The Hall–Kier alpha value is -4.40. The molecule has 0 radical (unpaired) electrons. The summed E-state index contributed by atoms with van der Waals surface area (Å²) in [5.41, 5.74) is 4.68. The number of nitrogens with one attached hydrogen (secondary N) is 1. The summed E-state index contributed by atoms with van der Waals surface area (Å²) in [7, 11) is 0. The zero-order valence-corrected chi connectivity index (χ0v) is 17.2. The molecule has 9 heteroatoms. The number of carbonyl (C=O) groups excluding carboxylic acids is 1. The number of aromatic carboxylic acids is 2. The number of pyridine rings is 1. The van der Waals surface area contributed by atoms with E-state index in [0.29, 0.717) is 16.7 Å². The number of aromatic nitrogens is 1. The molecule has 0 amide bonds. The molecule has 0 spiro atoms. The molecule has 0 saturated heterocycles. The molecule has 0 aliphatic carbocycles. The van der Waals surface area contributed by atoms with Gasteiger partial charge in [0.1, 0.15) is 16.9 Å². The molecule has 5 N–H and O–H groups in total. The van der Waals surface area contributed by atoms with E-state index in [4.69, 9.17) is 10.5 Å². The number of rotatable bonds is 6. The van der Waals surface area contributed by atoms with Gasteiger partial charge in [-0.1, -0.05) is 36.4 Å². The molecule has 9 nitrogen and oxygen atoms in total. The normalized spacial score (nSPS) is 10.7. The van der Waals surface area contributed by atoms with Crippen molar-refractivity contribution in [2.45, 2.75) is 20.0 Å². The number of hydrogen-bond donors (Lipinski definition) is 4. The first-order valence-corrected chi connectivity index (χ1v) is 9.55. The van der Waals surface area contributed by atoms with Crippen molar-refractivity contribution in [1.82, 2.24) is 4.98 Å². The summed E-state index contributed by atoms with van der Waals surface area (Å²) in [5, 5.41) is 19.3. The van der Waals surface area contributed by atoms with Crippen molar-refractivity contribution >= 4 is 23.7 Å². The number of nitrogen functional groups attached to an aromatic ring is 1. The van der Waals surface area contributed by atoms with Gasteiger partial charge in [0.15, 0.2) is 0 Å². The summed E-state index contributed by atoms with van der Waals surface area (Å²) in [6.45, 7) is 3.46. The van der Waals surface area contributed by atoms with E-state index in [1.54, 1.807) is 56.3 Å². The standard InChI is InChI=1S/C23H20N2O7/c1-11(2)32-23(31)13-9-7-12(8-10-13)14-5-3-4-6-15(14)16-17(21(27)28)19(24)25-20(26)18(16)22(29)30/h3-11H,1-2H3,(H,27,28)(H,29,30)(H3,24,25,26). The fourth-order valence-electron chi connectivity index (χ4n) is 3.34. The van der Waals surface area contributed by atoms with Gasteiger partial charge in [-0.3, -0.25) is 4.79 Å². The van der Waals surface area contributed by atoms with Crippen LogP contribution in [0.2, 0.25) is 0 Å². The lowest BCUT2D eigenvalue weighted by molar-refractivity contribution is 0.0377. The van der Waals surface area contributed by atoms with Crippen LogP contribution < -0.4 is 11.3 Å². The molecule has 0 atom stereocenters. The van der Waals surface area contributed by atoms with Gasteiger partial charge >= 0.3 is 17.9 Å². The van der Waals surface area contributed by atoms with Crippen molar-refractivity contribution in [1.29, 1.82) is 0 Å². The third-order valence-electron chi connectivity index (χ3n) is 4.64. The van der Waals surface area contributed by atoms with Gasteiger partial charge in [0, 0.05) is 5.56 Å². The fourth-order valence-corrected chi connectivity index (χ4v) is 3.34. The van der Waals surface area contributed by atoms with Gasteiger partial charge in [0.05, 0.1) is 11.7 Å². The molecule has 0 aliphatic rings. The third kappa shape index (κ3) is 4.22. The van der Waals surface area contributed by atoms with E-state index in [-0.39, 0.29) is 17.2 Å². The minimum Gasteiger partial charge on any atom is -0.478 e. The second kappa shape index (κ2) is 8.76. The predicted octanol–water partition coefficient (Wildman–Crippen LogP) is 3.25. The molecule has 0 aliphatic heterocycles. The van der Waals surface area contributed by atoms with Crippen molar-refractivity contribution < 1.29 is 29.3 Å². The Bertz CT molecular complexity index is 1270. The van der Waals surface area contributed by atoms with E-state index in [1.165, 1.54) is 6.07 Å². The number of aromatic amines is 1. The maximum Gasteiger partial charge on any atom is 0.342 e. The zero-order chi connectivity index (χ0) is 23.6. The van der Waals surface area contributed by atoms with Crippen molar-refractivity contribution in [2.75, 3.05) is 5.73 Å². The Morgan fingerprint density at radius 3 is 2.00 bits per heavy atom. The number of ether oxygens (including phenoxy) is 1. The van der Waals surface area contributed by atoms with Crippen molar-refractivity contribution in [3.63, 3.8) is 0 Å². The lowest BCUT2D eigenvalue weighted by Gasteiger charge is -2.16. The van der Waals surface area contributed by atoms with Crippen LogP contribution in [-0.2, 0) is 4.74 Å². The van der Waals surface area contributed by atoms with Gasteiger partial charge in [-0.2, -0.15) is 0 Å². The number of esters is 1. The molecule has 3 aromatic rings. The number of nitrogens with two attached hydrogens (primary N) is 1. The first-order chi connectivity index (χ1) is 15.1. The Kier molecular flexibility index (Phi) is 6.10. The highest BCUT2D eigenvalue weighted by atomic mass is 16.5. The van der Waals surface area contributed by atoms with Crippen LogP contribution >= 0.6 is 0 Å². The molecule has 0 unspecified atom stereocenters. The Balaban J connectivity index is 2.25. The largest absolute Gasteiger partial charge is 0.478 e. The van der Waals surface area contributed by atoms with E-state index in [2.05, 4.69) is 4.98 Å². The molecular weight excluding hydrogens is 416 g/mol. The summed E-state index contributed by atoms with van der Waals surface area (Å²) >= 11 is 0. The monoisotopic (exact) mass is 436 g/mol. The summed E-state index contributed by atoms with van der Waals surface area (Å²) in [4.78, 5) is 50.3. The third-order valence-corrected chi connectivity index (χ3v) is 4.64. The maximum absolute atomic E-state index is 12.3. The summed E-state index contributed by atoms with van der Waals surface area (Å²) in [5.74, 6) is -4.03. The fraction of sp³-hybridized carbons (Fsp3) is 0.130. The Morgan fingerprint density at radius 2 is 1.47 bits per heavy atom. The van der Waals surface area contributed by atoms with Gasteiger partial charge in [0.2, 0.25) is 0 Å². The first-order valence-electron chi connectivity index (χ1n) is 9.55. The number of H-pyrrole nitrogens is 1. The smallest absolute Gasteiger partial charge is 0.342 e. The molecular formula is C23H20N2O7. The highest BCUT2D eigenvalue weighted by Gasteiger charge is 2.28. The first kappa shape index (κ1) is 22.3. The molecule has 0 fully saturated rings. The molecule has 0 saturated carbocycles. The van der Waals surface area contributed by atoms with Gasteiger partial charge in [-0.05, 0) is 42.7 Å². The number of anilines is 1. The highest BCUT2D eigenvalue weighted by molar-refractivity contribution is 6.09. The number of hydrogen-bond acceptors (Lipinski definition) is 6. The topological polar surface area (TPSA) is 160 Å². The van der Waals surface area contributed by atoms with Crippen LogP contribution in [0, 0.1) is 0 Å². The molecule has 3 rings (SSSR count). The SMILES string of the molecule is CC(C)OC(=O)c1ccc(-c2ccccc2-c2c(C(=O)O)c(N)[nH]c(=O)c2C(=O)O)cc1. The number of carboxylic acids is 2. The molecule has 32 heavy (non-hydrogen) atoms. The predicted molar refractivity (Wildman–Crippen MR) is 117 cm³/mol. The Labute approximate surface area is 182 Å². The lowest BCUT2D eigenvalue weighted by Crippen LogP contribution is -2.24. The van der Waals surface area contributed by atoms with E-state index >= 15 is 0 Å². The van der Waals surface area contributed by atoms with Crippen molar-refractivity contribution in [3.8, 4) is 22.3 Å². The van der Waals surface area contributed by atoms with Crippen LogP contribution in [0.25, 0.3) is 22.3 Å². The molecule has 1 aromatic heterocycles. The number of benzene rings is 2. The highest BCUT2D eigenvalue weighted by Crippen LogP contribution is 2.36. The zero-order valence-electron chi connectivity index (χ0n) is 17.2. The van der Waals surface area contributed by atoms with Crippen LogP contribution in [0.1, 0.15) is 44.9 Å². The number of carbonyl (C=O) groups is 3. The van der Waals surface area contributed by atoms with Crippen LogP contribution in [-0.4, -0.2) is 39.2 Å². The minimum absolute atomic E-state index is 0.192. The van der Waals surface area contributed by atoms with E-state index < -0.39 is 40.4 Å².